The van der Waals surface area contributed by atoms with Gasteiger partial charge in [0.05, 0.1) is 6.54 Å². The standard InChI is InChI=1S/C14H28N2O/c1-12-9-13(10-15)7-5-3-2-4-6-8-14(12)11-16-17/h12-14H,2-11,15H2,1H3. The number of nitrogens with zero attached hydrogens (tertiary/aromatic N) is 1. The molecule has 0 aromatic heterocycles. The second-order valence-corrected chi connectivity index (χ2v) is 5.73. The van der Waals surface area contributed by atoms with Crippen LogP contribution in [0.1, 0.15) is 58.3 Å². The van der Waals surface area contributed by atoms with Gasteiger partial charge in [-0.25, -0.2) is 0 Å². The maximum atomic E-state index is 10.5. The molecule has 0 aromatic rings. The first-order chi connectivity index (χ1) is 8.27. The molecule has 1 rings (SSSR count). The van der Waals surface area contributed by atoms with Gasteiger partial charge in [-0.15, -0.1) is 0 Å². The molecule has 0 spiro atoms. The van der Waals surface area contributed by atoms with Gasteiger partial charge in [0.15, 0.2) is 0 Å². The van der Waals surface area contributed by atoms with Gasteiger partial charge in [0, 0.05) is 0 Å². The zero-order valence-electron chi connectivity index (χ0n) is 11.2. The van der Waals surface area contributed by atoms with Gasteiger partial charge in [-0.1, -0.05) is 44.2 Å². The van der Waals surface area contributed by atoms with E-state index >= 15 is 0 Å². The maximum Gasteiger partial charge on any atom is 0.0841 e. The largest absolute Gasteiger partial charge is 0.330 e. The van der Waals surface area contributed by atoms with Crippen molar-refractivity contribution in [2.45, 2.75) is 58.3 Å². The number of nitrogens with two attached hydrogens (primary N) is 1. The van der Waals surface area contributed by atoms with Gasteiger partial charge in [-0.3, -0.25) is 0 Å². The average molecular weight is 240 g/mol. The Labute approximate surface area is 106 Å². The van der Waals surface area contributed by atoms with E-state index in [1.807, 2.05) is 0 Å². The lowest BCUT2D eigenvalue weighted by atomic mass is 9.82. The van der Waals surface area contributed by atoms with Crippen LogP contribution in [0.3, 0.4) is 0 Å². The summed E-state index contributed by atoms with van der Waals surface area (Å²) in [5.41, 5.74) is 5.85. The van der Waals surface area contributed by atoms with Crippen molar-refractivity contribution in [3.8, 4) is 0 Å². The highest BCUT2D eigenvalue weighted by atomic mass is 16.3. The molecule has 1 aliphatic carbocycles. The van der Waals surface area contributed by atoms with E-state index in [1.165, 1.54) is 51.4 Å². The summed E-state index contributed by atoms with van der Waals surface area (Å²) in [5, 5.41) is 3.13. The molecule has 3 heteroatoms. The van der Waals surface area contributed by atoms with Gasteiger partial charge >= 0.3 is 0 Å². The minimum absolute atomic E-state index is 0.486. The SMILES string of the molecule is CC1CC(CN)CCCCCCCC1CN=O. The van der Waals surface area contributed by atoms with Crippen molar-refractivity contribution < 1.29 is 0 Å². The van der Waals surface area contributed by atoms with Crippen LogP contribution < -0.4 is 5.73 Å². The fourth-order valence-electron chi connectivity index (χ4n) is 3.07. The molecule has 1 fully saturated rings. The van der Waals surface area contributed by atoms with Gasteiger partial charge in [0.1, 0.15) is 0 Å². The molecule has 2 N–H and O–H groups in total. The molecule has 100 valence electrons. The fourth-order valence-corrected chi connectivity index (χ4v) is 3.07. The minimum Gasteiger partial charge on any atom is -0.330 e. The molecule has 3 atom stereocenters. The van der Waals surface area contributed by atoms with Crippen LogP contribution >= 0.6 is 0 Å². The second kappa shape index (κ2) is 8.62. The Hall–Kier alpha value is -0.440. The molecule has 0 aliphatic heterocycles. The molecular weight excluding hydrogens is 212 g/mol. The third-order valence-corrected chi connectivity index (χ3v) is 4.34. The summed E-state index contributed by atoms with van der Waals surface area (Å²) in [4.78, 5) is 10.5. The highest BCUT2D eigenvalue weighted by Crippen LogP contribution is 2.29. The quantitative estimate of drug-likeness (QED) is 0.764. The van der Waals surface area contributed by atoms with E-state index in [-0.39, 0.29) is 0 Å². The van der Waals surface area contributed by atoms with E-state index in [4.69, 9.17) is 5.73 Å². The highest BCUT2D eigenvalue weighted by Gasteiger charge is 2.21. The van der Waals surface area contributed by atoms with E-state index in [0.29, 0.717) is 24.3 Å². The molecular formula is C14H28N2O. The Balaban J connectivity index is 2.54. The van der Waals surface area contributed by atoms with Crippen molar-refractivity contribution in [1.29, 1.82) is 0 Å². The van der Waals surface area contributed by atoms with Gasteiger partial charge in [0.2, 0.25) is 0 Å². The van der Waals surface area contributed by atoms with Crippen molar-refractivity contribution in [3.63, 3.8) is 0 Å². The highest BCUT2D eigenvalue weighted by molar-refractivity contribution is 4.74. The molecule has 1 aliphatic rings. The number of nitroso groups, excluding NO2 is 1. The molecule has 0 radical (unpaired) electrons. The van der Waals surface area contributed by atoms with Gasteiger partial charge < -0.3 is 5.73 Å². The van der Waals surface area contributed by atoms with Crippen molar-refractivity contribution in [2.24, 2.45) is 28.7 Å². The molecule has 3 nitrogen and oxygen atoms in total. The van der Waals surface area contributed by atoms with E-state index in [2.05, 4.69) is 12.1 Å². The summed E-state index contributed by atoms with van der Waals surface area (Å²) in [7, 11) is 0. The zero-order chi connectivity index (χ0) is 12.5. The predicted molar refractivity (Wildman–Crippen MR) is 72.8 cm³/mol. The summed E-state index contributed by atoms with van der Waals surface area (Å²) >= 11 is 0. The topological polar surface area (TPSA) is 55.4 Å². The van der Waals surface area contributed by atoms with E-state index in [1.54, 1.807) is 0 Å². The monoisotopic (exact) mass is 240 g/mol. The molecule has 0 saturated heterocycles. The first-order valence-electron chi connectivity index (χ1n) is 7.27. The van der Waals surface area contributed by atoms with E-state index < -0.39 is 0 Å². The Bertz CT molecular complexity index is 208. The Kier molecular flexibility index (Phi) is 7.41. The van der Waals surface area contributed by atoms with Gasteiger partial charge in [-0.05, 0) is 43.6 Å². The summed E-state index contributed by atoms with van der Waals surface area (Å²) in [6, 6.07) is 0. The lowest BCUT2D eigenvalue weighted by Gasteiger charge is -2.25. The first kappa shape index (κ1) is 14.6. The van der Waals surface area contributed by atoms with Gasteiger partial charge in [0.25, 0.3) is 0 Å². The average Bonchev–Trinajstić information content (AvgIpc) is 2.37. The molecule has 1 saturated carbocycles. The summed E-state index contributed by atoms with van der Waals surface area (Å²) < 4.78 is 0. The fraction of sp³-hybridized carbons (Fsp3) is 1.00. The summed E-state index contributed by atoms with van der Waals surface area (Å²) in [6.45, 7) is 3.57. The molecule has 17 heavy (non-hydrogen) atoms. The summed E-state index contributed by atoms with van der Waals surface area (Å²) in [6.07, 6.45) is 10.2. The second-order valence-electron chi connectivity index (χ2n) is 5.73. The van der Waals surface area contributed by atoms with Crippen LogP contribution in [-0.4, -0.2) is 13.1 Å². The predicted octanol–water partition coefficient (Wildman–Crippen LogP) is 3.71. The molecule has 0 aromatic carbocycles. The first-order valence-corrected chi connectivity index (χ1v) is 7.27. The number of rotatable bonds is 3. The van der Waals surface area contributed by atoms with Crippen LogP contribution in [0.15, 0.2) is 5.18 Å². The van der Waals surface area contributed by atoms with Crippen molar-refractivity contribution >= 4 is 0 Å². The smallest absolute Gasteiger partial charge is 0.0841 e. The van der Waals surface area contributed by atoms with Gasteiger partial charge in [-0.2, -0.15) is 4.91 Å². The van der Waals surface area contributed by atoms with Crippen molar-refractivity contribution in [3.05, 3.63) is 4.91 Å². The third kappa shape index (κ3) is 5.62. The normalized spacial score (nSPS) is 32.7. The van der Waals surface area contributed by atoms with Crippen LogP contribution in [0.25, 0.3) is 0 Å². The maximum absolute atomic E-state index is 10.5. The molecule has 3 unspecified atom stereocenters. The summed E-state index contributed by atoms with van der Waals surface area (Å²) in [5.74, 6) is 1.73. The van der Waals surface area contributed by atoms with Crippen molar-refractivity contribution in [2.75, 3.05) is 13.1 Å². The zero-order valence-corrected chi connectivity index (χ0v) is 11.2. The van der Waals surface area contributed by atoms with E-state index in [0.717, 1.165) is 6.54 Å². The lowest BCUT2D eigenvalue weighted by Crippen LogP contribution is -2.22. The number of hydrogen-bond acceptors (Lipinski definition) is 3. The minimum atomic E-state index is 0.486. The molecule has 0 amide bonds. The third-order valence-electron chi connectivity index (χ3n) is 4.34. The van der Waals surface area contributed by atoms with Crippen LogP contribution in [-0.2, 0) is 0 Å². The molecule has 0 bridgehead atoms. The lowest BCUT2D eigenvalue weighted by molar-refractivity contribution is 0.270. The van der Waals surface area contributed by atoms with Crippen LogP contribution in [0.4, 0.5) is 0 Å². The van der Waals surface area contributed by atoms with Crippen LogP contribution in [0.5, 0.6) is 0 Å². The Morgan fingerprint density at radius 3 is 2.41 bits per heavy atom. The van der Waals surface area contributed by atoms with Crippen LogP contribution in [0, 0.1) is 22.7 Å². The van der Waals surface area contributed by atoms with E-state index in [9.17, 15) is 4.91 Å². The Morgan fingerprint density at radius 2 is 1.76 bits per heavy atom. The van der Waals surface area contributed by atoms with Crippen molar-refractivity contribution in [1.82, 2.24) is 0 Å². The van der Waals surface area contributed by atoms with Crippen LogP contribution in [0.2, 0.25) is 0 Å². The molecule has 0 heterocycles. The Morgan fingerprint density at radius 1 is 1.12 bits per heavy atom. The number of hydrogen-bond donors (Lipinski definition) is 1.